The monoisotopic (exact) mass is 279 g/mol. The lowest BCUT2D eigenvalue weighted by molar-refractivity contribution is 0.239. The summed E-state index contributed by atoms with van der Waals surface area (Å²) in [5.74, 6) is 2.75. The quantitative estimate of drug-likeness (QED) is 0.827. The van der Waals surface area contributed by atoms with Gasteiger partial charge in [0.25, 0.3) is 0 Å². The maximum atomic E-state index is 5.45. The van der Waals surface area contributed by atoms with Crippen molar-refractivity contribution in [2.45, 2.75) is 77.7 Å². The molecular weight excluding hydrogens is 250 g/mol. The van der Waals surface area contributed by atoms with Gasteiger partial charge in [-0.25, -0.2) is 0 Å². The topological polar surface area (TPSA) is 51.0 Å². The number of nitrogens with one attached hydrogen (secondary N) is 1. The van der Waals surface area contributed by atoms with Crippen LogP contribution in [0.15, 0.2) is 4.52 Å². The van der Waals surface area contributed by atoms with Crippen LogP contribution in [-0.4, -0.2) is 22.7 Å². The Bertz CT molecular complexity index is 391. The molecule has 1 aliphatic carbocycles. The van der Waals surface area contributed by atoms with E-state index < -0.39 is 0 Å². The van der Waals surface area contributed by atoms with Crippen LogP contribution >= 0.6 is 0 Å². The Kier molecular flexibility index (Phi) is 6.02. The first kappa shape index (κ1) is 15.5. The molecule has 1 aromatic rings. The Balaban J connectivity index is 1.94. The fourth-order valence-corrected chi connectivity index (χ4v) is 3.01. The molecule has 4 nitrogen and oxygen atoms in total. The van der Waals surface area contributed by atoms with Gasteiger partial charge >= 0.3 is 0 Å². The zero-order valence-corrected chi connectivity index (χ0v) is 13.2. The number of nitrogens with zero attached hydrogens (tertiary/aromatic N) is 2. The predicted octanol–water partition coefficient (Wildman–Crippen LogP) is 3.68. The molecule has 20 heavy (non-hydrogen) atoms. The number of hydrogen-bond donors (Lipinski definition) is 1. The first-order valence-electron chi connectivity index (χ1n) is 8.30. The van der Waals surface area contributed by atoms with Crippen molar-refractivity contribution in [2.75, 3.05) is 6.54 Å². The Labute approximate surface area is 122 Å². The zero-order valence-electron chi connectivity index (χ0n) is 13.2. The van der Waals surface area contributed by atoms with Gasteiger partial charge in [0.15, 0.2) is 5.82 Å². The third-order valence-corrected chi connectivity index (χ3v) is 4.54. The SMILES string of the molecule is CCCNC1CCCCC1Cc1nc(C(C)CC)no1. The summed E-state index contributed by atoms with van der Waals surface area (Å²) in [5, 5.41) is 7.83. The highest BCUT2D eigenvalue weighted by atomic mass is 16.5. The summed E-state index contributed by atoms with van der Waals surface area (Å²) in [7, 11) is 0. The van der Waals surface area contributed by atoms with Gasteiger partial charge in [-0.2, -0.15) is 4.98 Å². The molecule has 1 aliphatic rings. The summed E-state index contributed by atoms with van der Waals surface area (Å²) in [4.78, 5) is 4.58. The van der Waals surface area contributed by atoms with Crippen LogP contribution in [0.4, 0.5) is 0 Å². The molecule has 4 heteroatoms. The summed E-state index contributed by atoms with van der Waals surface area (Å²) < 4.78 is 5.45. The van der Waals surface area contributed by atoms with E-state index in [2.05, 4.69) is 36.2 Å². The first-order valence-corrected chi connectivity index (χ1v) is 8.30. The Morgan fingerprint density at radius 2 is 2.10 bits per heavy atom. The van der Waals surface area contributed by atoms with E-state index in [0.29, 0.717) is 17.9 Å². The molecule has 0 bridgehead atoms. The molecule has 0 aliphatic heterocycles. The molecule has 0 saturated heterocycles. The second-order valence-electron chi connectivity index (χ2n) is 6.16. The van der Waals surface area contributed by atoms with Crippen molar-refractivity contribution in [3.8, 4) is 0 Å². The Hall–Kier alpha value is -0.900. The second kappa shape index (κ2) is 7.77. The minimum Gasteiger partial charge on any atom is -0.339 e. The van der Waals surface area contributed by atoms with Gasteiger partial charge in [0.05, 0.1) is 0 Å². The van der Waals surface area contributed by atoms with E-state index >= 15 is 0 Å². The van der Waals surface area contributed by atoms with E-state index in [1.807, 2.05) is 0 Å². The summed E-state index contributed by atoms with van der Waals surface area (Å²) in [6, 6.07) is 0.627. The van der Waals surface area contributed by atoms with E-state index in [9.17, 15) is 0 Å². The van der Waals surface area contributed by atoms with Crippen molar-refractivity contribution in [3.05, 3.63) is 11.7 Å². The lowest BCUT2D eigenvalue weighted by Crippen LogP contribution is -2.39. The minimum absolute atomic E-state index is 0.396. The normalized spacial score (nSPS) is 24.8. The van der Waals surface area contributed by atoms with Crippen molar-refractivity contribution in [1.29, 1.82) is 0 Å². The number of aromatic nitrogens is 2. The van der Waals surface area contributed by atoms with E-state index in [0.717, 1.165) is 31.1 Å². The third-order valence-electron chi connectivity index (χ3n) is 4.54. The lowest BCUT2D eigenvalue weighted by Gasteiger charge is -2.31. The van der Waals surface area contributed by atoms with Crippen molar-refractivity contribution in [2.24, 2.45) is 5.92 Å². The van der Waals surface area contributed by atoms with Crippen molar-refractivity contribution in [1.82, 2.24) is 15.5 Å². The Morgan fingerprint density at radius 1 is 1.30 bits per heavy atom. The minimum atomic E-state index is 0.396. The van der Waals surface area contributed by atoms with Crippen molar-refractivity contribution in [3.63, 3.8) is 0 Å². The van der Waals surface area contributed by atoms with Gasteiger partial charge in [-0.15, -0.1) is 0 Å². The molecule has 1 saturated carbocycles. The van der Waals surface area contributed by atoms with Gasteiger partial charge in [-0.05, 0) is 38.1 Å². The van der Waals surface area contributed by atoms with E-state index in [1.165, 1.54) is 32.1 Å². The molecule has 0 spiro atoms. The van der Waals surface area contributed by atoms with Crippen LogP contribution in [0.3, 0.4) is 0 Å². The predicted molar refractivity (Wildman–Crippen MR) is 80.7 cm³/mol. The van der Waals surface area contributed by atoms with Gasteiger partial charge < -0.3 is 9.84 Å². The fraction of sp³-hybridized carbons (Fsp3) is 0.875. The third kappa shape index (κ3) is 4.05. The second-order valence-corrected chi connectivity index (χ2v) is 6.16. The molecule has 0 radical (unpaired) electrons. The van der Waals surface area contributed by atoms with E-state index in [1.54, 1.807) is 0 Å². The van der Waals surface area contributed by atoms with Crippen LogP contribution in [0.1, 0.15) is 76.9 Å². The smallest absolute Gasteiger partial charge is 0.226 e. The summed E-state index contributed by atoms with van der Waals surface area (Å²) in [6.07, 6.45) is 8.44. The maximum absolute atomic E-state index is 5.45. The molecule has 1 fully saturated rings. The van der Waals surface area contributed by atoms with Crippen LogP contribution in [0.2, 0.25) is 0 Å². The molecule has 1 N–H and O–H groups in total. The largest absolute Gasteiger partial charge is 0.339 e. The highest BCUT2D eigenvalue weighted by Crippen LogP contribution is 2.27. The maximum Gasteiger partial charge on any atom is 0.226 e. The van der Waals surface area contributed by atoms with Crippen LogP contribution in [0.5, 0.6) is 0 Å². The molecule has 114 valence electrons. The van der Waals surface area contributed by atoms with Gasteiger partial charge in [-0.3, -0.25) is 0 Å². The van der Waals surface area contributed by atoms with E-state index in [-0.39, 0.29) is 0 Å². The van der Waals surface area contributed by atoms with Crippen molar-refractivity contribution >= 4 is 0 Å². The van der Waals surface area contributed by atoms with Gasteiger partial charge in [0, 0.05) is 18.4 Å². The number of hydrogen-bond acceptors (Lipinski definition) is 4. The van der Waals surface area contributed by atoms with Gasteiger partial charge in [-0.1, -0.05) is 38.8 Å². The van der Waals surface area contributed by atoms with Crippen LogP contribution in [-0.2, 0) is 6.42 Å². The standard InChI is InChI=1S/C16H29N3O/c1-4-10-17-14-9-7-6-8-13(14)11-15-18-16(19-20-15)12(3)5-2/h12-14,17H,4-11H2,1-3H3. The fourth-order valence-electron chi connectivity index (χ4n) is 3.01. The summed E-state index contributed by atoms with van der Waals surface area (Å²) in [6.45, 7) is 7.65. The summed E-state index contributed by atoms with van der Waals surface area (Å²) in [5.41, 5.74) is 0. The first-order chi connectivity index (χ1) is 9.74. The number of rotatable bonds is 7. The van der Waals surface area contributed by atoms with Crippen LogP contribution in [0, 0.1) is 5.92 Å². The highest BCUT2D eigenvalue weighted by molar-refractivity contribution is 4.95. The molecule has 0 aromatic carbocycles. The van der Waals surface area contributed by atoms with E-state index in [4.69, 9.17) is 4.52 Å². The molecule has 0 amide bonds. The Morgan fingerprint density at radius 3 is 2.85 bits per heavy atom. The lowest BCUT2D eigenvalue weighted by atomic mass is 9.82. The van der Waals surface area contributed by atoms with Gasteiger partial charge in [0.2, 0.25) is 5.89 Å². The molecular formula is C16H29N3O. The highest BCUT2D eigenvalue weighted by Gasteiger charge is 2.26. The van der Waals surface area contributed by atoms with Crippen LogP contribution < -0.4 is 5.32 Å². The van der Waals surface area contributed by atoms with Crippen LogP contribution in [0.25, 0.3) is 0 Å². The average Bonchev–Trinajstić information content (AvgIpc) is 2.94. The molecule has 3 unspecified atom stereocenters. The van der Waals surface area contributed by atoms with Gasteiger partial charge in [0.1, 0.15) is 0 Å². The molecule has 1 heterocycles. The average molecular weight is 279 g/mol. The molecule has 1 aromatic heterocycles. The summed E-state index contributed by atoms with van der Waals surface area (Å²) >= 11 is 0. The molecule has 2 rings (SSSR count). The van der Waals surface area contributed by atoms with Crippen molar-refractivity contribution < 1.29 is 4.52 Å². The molecule has 3 atom stereocenters. The zero-order chi connectivity index (χ0) is 14.4.